The monoisotopic (exact) mass is 247 g/mol. The number of aryl methyl sites for hydroxylation is 1. The van der Waals surface area contributed by atoms with Crippen LogP contribution in [0.3, 0.4) is 0 Å². The summed E-state index contributed by atoms with van der Waals surface area (Å²) in [6, 6.07) is 7.15. The van der Waals surface area contributed by atoms with E-state index < -0.39 is 0 Å². The molecule has 0 bridgehead atoms. The number of nitroso groups, excluding NO2 is 1. The normalized spacial score (nSPS) is 15.1. The Balaban J connectivity index is 2.17. The van der Waals surface area contributed by atoms with Crippen molar-refractivity contribution in [2.24, 2.45) is 5.29 Å². The summed E-state index contributed by atoms with van der Waals surface area (Å²) in [5.74, 6) is -0.525. The Kier molecular flexibility index (Phi) is 3.36. The summed E-state index contributed by atoms with van der Waals surface area (Å²) in [5, 5.41) is 3.97. The Bertz CT molecular complexity index is 485. The fraction of sp³-hybridized carbons (Fsp3) is 0.333. The second-order valence-corrected chi connectivity index (χ2v) is 4.18. The molecular weight excluding hydrogens is 234 g/mol. The number of rotatable bonds is 4. The maximum Gasteiger partial charge on any atom is 0.231 e. The van der Waals surface area contributed by atoms with Gasteiger partial charge in [-0.3, -0.25) is 14.5 Å². The Morgan fingerprint density at radius 1 is 1.28 bits per heavy atom. The van der Waals surface area contributed by atoms with E-state index in [4.69, 9.17) is 0 Å². The number of hydrogen-bond acceptors (Lipinski definition) is 4. The number of likely N-dealkylation sites (tertiary alicyclic amines) is 1. The molecule has 0 atom stereocenters. The quantitative estimate of drug-likeness (QED) is 0.460. The van der Waals surface area contributed by atoms with Crippen LogP contribution >= 0.6 is 0 Å². The molecule has 1 heterocycles. The maximum absolute atomic E-state index is 11.5. The van der Waals surface area contributed by atoms with Gasteiger partial charge in [0, 0.05) is 12.8 Å². The van der Waals surface area contributed by atoms with Gasteiger partial charge in [-0.05, 0) is 24.6 Å². The van der Waals surface area contributed by atoms with Crippen LogP contribution in [0.1, 0.15) is 18.4 Å². The Hall–Kier alpha value is -2.24. The summed E-state index contributed by atoms with van der Waals surface area (Å²) in [6.07, 6.45) is 0.415. The second kappa shape index (κ2) is 4.95. The third kappa shape index (κ3) is 2.37. The molecule has 1 aliphatic rings. The van der Waals surface area contributed by atoms with Crippen molar-refractivity contribution in [3.05, 3.63) is 34.7 Å². The van der Waals surface area contributed by atoms with E-state index in [-0.39, 0.29) is 31.3 Å². The SMILES string of the molecule is Cc1cccc(N(CN2C(=O)CCC2=O)N=O)c1. The molecule has 6 nitrogen and oxygen atoms in total. The third-order valence-corrected chi connectivity index (χ3v) is 2.83. The molecule has 0 aliphatic carbocycles. The zero-order valence-corrected chi connectivity index (χ0v) is 10.00. The van der Waals surface area contributed by atoms with Crippen molar-refractivity contribution in [1.82, 2.24) is 4.90 Å². The molecule has 1 fully saturated rings. The first-order valence-electron chi connectivity index (χ1n) is 5.62. The summed E-state index contributed by atoms with van der Waals surface area (Å²) in [5.41, 5.74) is 1.54. The zero-order chi connectivity index (χ0) is 13.1. The van der Waals surface area contributed by atoms with Crippen LogP contribution in [0.15, 0.2) is 29.6 Å². The summed E-state index contributed by atoms with van der Waals surface area (Å²) in [6.45, 7) is 1.77. The van der Waals surface area contributed by atoms with Gasteiger partial charge in [0.25, 0.3) is 0 Å². The highest BCUT2D eigenvalue weighted by atomic mass is 16.3. The lowest BCUT2D eigenvalue weighted by atomic mass is 10.2. The average molecular weight is 247 g/mol. The van der Waals surface area contributed by atoms with Crippen molar-refractivity contribution in [3.63, 3.8) is 0 Å². The molecule has 1 saturated heterocycles. The first-order chi connectivity index (χ1) is 8.61. The van der Waals surface area contributed by atoms with Gasteiger partial charge in [0.15, 0.2) is 0 Å². The molecule has 2 rings (SSSR count). The number of carbonyl (C=O) groups is 2. The van der Waals surface area contributed by atoms with Gasteiger partial charge in [0.1, 0.15) is 6.67 Å². The maximum atomic E-state index is 11.5. The molecule has 2 amide bonds. The zero-order valence-electron chi connectivity index (χ0n) is 10.00. The molecule has 0 unspecified atom stereocenters. The van der Waals surface area contributed by atoms with Crippen molar-refractivity contribution in [1.29, 1.82) is 0 Å². The van der Waals surface area contributed by atoms with Crippen molar-refractivity contribution in [3.8, 4) is 0 Å². The number of nitrogens with zero attached hydrogens (tertiary/aromatic N) is 3. The van der Waals surface area contributed by atoms with Crippen LogP contribution in [-0.2, 0) is 9.59 Å². The van der Waals surface area contributed by atoms with Crippen LogP contribution in [0.5, 0.6) is 0 Å². The molecule has 1 aliphatic heterocycles. The molecular formula is C12H13N3O3. The van der Waals surface area contributed by atoms with Crippen LogP contribution in [-0.4, -0.2) is 23.4 Å². The number of benzene rings is 1. The fourth-order valence-corrected chi connectivity index (χ4v) is 1.86. The van der Waals surface area contributed by atoms with Crippen LogP contribution in [0.4, 0.5) is 5.69 Å². The van der Waals surface area contributed by atoms with E-state index in [1.165, 1.54) is 0 Å². The lowest BCUT2D eigenvalue weighted by Gasteiger charge is -2.21. The van der Waals surface area contributed by atoms with Crippen molar-refractivity contribution >= 4 is 17.5 Å². The predicted molar refractivity (Wildman–Crippen MR) is 65.4 cm³/mol. The molecule has 0 saturated carbocycles. The van der Waals surface area contributed by atoms with E-state index >= 15 is 0 Å². The predicted octanol–water partition coefficient (Wildman–Crippen LogP) is 1.59. The van der Waals surface area contributed by atoms with Crippen LogP contribution in [0.25, 0.3) is 0 Å². The van der Waals surface area contributed by atoms with E-state index in [9.17, 15) is 14.5 Å². The largest absolute Gasteiger partial charge is 0.274 e. The number of carbonyl (C=O) groups excluding carboxylic acids is 2. The fourth-order valence-electron chi connectivity index (χ4n) is 1.86. The first kappa shape index (κ1) is 12.2. The van der Waals surface area contributed by atoms with Gasteiger partial charge >= 0.3 is 0 Å². The van der Waals surface area contributed by atoms with Gasteiger partial charge in [-0.25, -0.2) is 5.01 Å². The minimum Gasteiger partial charge on any atom is -0.274 e. The molecule has 0 radical (unpaired) electrons. The van der Waals surface area contributed by atoms with Crippen molar-refractivity contribution in [2.75, 3.05) is 11.7 Å². The van der Waals surface area contributed by atoms with E-state index in [1.54, 1.807) is 18.2 Å². The van der Waals surface area contributed by atoms with E-state index in [0.29, 0.717) is 5.69 Å². The minimum absolute atomic E-state index is 0.120. The van der Waals surface area contributed by atoms with Gasteiger partial charge in [-0.15, -0.1) is 4.91 Å². The van der Waals surface area contributed by atoms with Crippen LogP contribution in [0.2, 0.25) is 0 Å². The summed E-state index contributed by atoms with van der Waals surface area (Å²) < 4.78 is 0. The molecule has 0 N–H and O–H groups in total. The van der Waals surface area contributed by atoms with Gasteiger partial charge < -0.3 is 0 Å². The summed E-state index contributed by atoms with van der Waals surface area (Å²) in [4.78, 5) is 34.8. The lowest BCUT2D eigenvalue weighted by molar-refractivity contribution is -0.138. The standard InChI is InChI=1S/C12H13N3O3/c1-9-3-2-4-10(7-9)15(13-18)8-14-11(16)5-6-12(14)17/h2-4,7H,5-6,8H2,1H3. The molecule has 18 heavy (non-hydrogen) atoms. The van der Waals surface area contributed by atoms with E-state index in [1.807, 2.05) is 13.0 Å². The molecule has 6 heteroatoms. The highest BCUT2D eigenvalue weighted by Gasteiger charge is 2.30. The van der Waals surface area contributed by atoms with Gasteiger partial charge in [-0.2, -0.15) is 0 Å². The third-order valence-electron chi connectivity index (χ3n) is 2.83. The van der Waals surface area contributed by atoms with E-state index in [2.05, 4.69) is 5.29 Å². The highest BCUT2D eigenvalue weighted by molar-refractivity contribution is 6.02. The highest BCUT2D eigenvalue weighted by Crippen LogP contribution is 2.19. The van der Waals surface area contributed by atoms with Gasteiger partial charge in [-0.1, -0.05) is 12.1 Å². The van der Waals surface area contributed by atoms with Gasteiger partial charge in [0.2, 0.25) is 11.8 Å². The van der Waals surface area contributed by atoms with Crippen molar-refractivity contribution < 1.29 is 9.59 Å². The number of amides is 2. The number of anilines is 1. The van der Waals surface area contributed by atoms with Crippen LogP contribution < -0.4 is 5.01 Å². The van der Waals surface area contributed by atoms with E-state index in [0.717, 1.165) is 15.5 Å². The molecule has 0 aromatic heterocycles. The molecule has 1 aromatic carbocycles. The van der Waals surface area contributed by atoms with Crippen molar-refractivity contribution in [2.45, 2.75) is 19.8 Å². The summed E-state index contributed by atoms with van der Waals surface area (Å²) in [7, 11) is 0. The van der Waals surface area contributed by atoms with Gasteiger partial charge in [0.05, 0.1) is 11.0 Å². The topological polar surface area (TPSA) is 70.1 Å². The second-order valence-electron chi connectivity index (χ2n) is 4.18. The minimum atomic E-state index is -0.263. The Labute approximate surface area is 104 Å². The molecule has 0 spiro atoms. The Morgan fingerprint density at radius 3 is 2.50 bits per heavy atom. The molecule has 94 valence electrons. The Morgan fingerprint density at radius 2 is 1.94 bits per heavy atom. The number of imide groups is 1. The number of hydrogen-bond donors (Lipinski definition) is 0. The lowest BCUT2D eigenvalue weighted by Crippen LogP contribution is -2.38. The smallest absolute Gasteiger partial charge is 0.231 e. The van der Waals surface area contributed by atoms with Crippen LogP contribution in [0, 0.1) is 11.8 Å². The molecule has 1 aromatic rings. The first-order valence-corrected chi connectivity index (χ1v) is 5.62. The summed E-state index contributed by atoms with van der Waals surface area (Å²) >= 11 is 0. The average Bonchev–Trinajstić information content (AvgIpc) is 2.66.